The van der Waals surface area contributed by atoms with E-state index in [9.17, 15) is 15.3 Å². The number of fused-ring (bicyclic) bond motifs is 1. The molecule has 118 valence electrons. The fourth-order valence-electron chi connectivity index (χ4n) is 2.70. The molecular weight excluding hydrogens is 264 g/mol. The molecule has 2 aliphatic rings. The van der Waals surface area contributed by atoms with Crippen LogP contribution in [0.15, 0.2) is 0 Å². The Morgan fingerprint density at radius 3 is 2.45 bits per heavy atom. The summed E-state index contributed by atoms with van der Waals surface area (Å²) in [5, 5.41) is 29.0. The Hall–Kier alpha value is -0.240. The minimum atomic E-state index is -1.39. The lowest BCUT2D eigenvalue weighted by molar-refractivity contribution is -0.352. The zero-order valence-electron chi connectivity index (χ0n) is 12.0. The largest absolute Gasteiger partial charge is 0.387 e. The maximum absolute atomic E-state index is 9.93. The molecule has 2 rings (SSSR count). The molecule has 0 amide bonds. The van der Waals surface area contributed by atoms with E-state index < -0.39 is 30.7 Å². The van der Waals surface area contributed by atoms with Crippen molar-refractivity contribution in [1.82, 2.24) is 0 Å². The Balaban J connectivity index is 1.74. The molecule has 6 nitrogen and oxygen atoms in total. The average molecular weight is 290 g/mol. The van der Waals surface area contributed by atoms with Gasteiger partial charge in [-0.15, -0.1) is 0 Å². The van der Waals surface area contributed by atoms with Crippen molar-refractivity contribution in [3.05, 3.63) is 0 Å². The Morgan fingerprint density at radius 1 is 0.950 bits per heavy atom. The van der Waals surface area contributed by atoms with Crippen molar-refractivity contribution in [2.75, 3.05) is 6.61 Å². The van der Waals surface area contributed by atoms with Gasteiger partial charge in [0.1, 0.15) is 24.4 Å². The zero-order valence-corrected chi connectivity index (χ0v) is 12.0. The van der Waals surface area contributed by atoms with Gasteiger partial charge in [0.05, 0.1) is 6.61 Å². The molecule has 2 fully saturated rings. The van der Waals surface area contributed by atoms with Crippen molar-refractivity contribution < 1.29 is 29.5 Å². The lowest BCUT2D eigenvalue weighted by atomic mass is 9.98. The summed E-state index contributed by atoms with van der Waals surface area (Å²) in [6.45, 7) is 2.45. The van der Waals surface area contributed by atoms with Gasteiger partial charge in [0.25, 0.3) is 0 Å². The normalized spacial score (nSPS) is 41.4. The lowest BCUT2D eigenvalue weighted by Crippen LogP contribution is -2.62. The second kappa shape index (κ2) is 7.68. The summed E-state index contributed by atoms with van der Waals surface area (Å²) in [6, 6.07) is 0. The molecule has 3 N–H and O–H groups in total. The van der Waals surface area contributed by atoms with Gasteiger partial charge in [-0.25, -0.2) is 0 Å². The van der Waals surface area contributed by atoms with Crippen LogP contribution in [0.3, 0.4) is 0 Å². The van der Waals surface area contributed by atoms with E-state index in [1.54, 1.807) is 0 Å². The molecule has 2 saturated heterocycles. The molecule has 6 atom stereocenters. The Kier molecular flexibility index (Phi) is 6.20. The third kappa shape index (κ3) is 3.90. The third-order valence-electron chi connectivity index (χ3n) is 3.96. The summed E-state index contributed by atoms with van der Waals surface area (Å²) < 4.78 is 16.4. The molecule has 2 unspecified atom stereocenters. The first-order chi connectivity index (χ1) is 9.63. The summed E-state index contributed by atoms with van der Waals surface area (Å²) >= 11 is 0. The molecule has 0 bridgehead atoms. The van der Waals surface area contributed by atoms with Gasteiger partial charge in [-0.05, 0) is 12.8 Å². The predicted molar refractivity (Wildman–Crippen MR) is 70.9 cm³/mol. The Morgan fingerprint density at radius 2 is 1.70 bits per heavy atom. The van der Waals surface area contributed by atoms with Crippen LogP contribution < -0.4 is 0 Å². The Bertz CT molecular complexity index is 285. The second-order valence-electron chi connectivity index (χ2n) is 5.61. The van der Waals surface area contributed by atoms with E-state index in [1.165, 1.54) is 19.3 Å². The number of unbranched alkanes of at least 4 members (excludes halogenated alkanes) is 4. The molecule has 0 saturated carbocycles. The molecular formula is C14H26O6. The van der Waals surface area contributed by atoms with Crippen LogP contribution in [0.4, 0.5) is 0 Å². The van der Waals surface area contributed by atoms with Gasteiger partial charge in [0, 0.05) is 0 Å². The van der Waals surface area contributed by atoms with Gasteiger partial charge in [-0.1, -0.05) is 32.6 Å². The highest BCUT2D eigenvalue weighted by molar-refractivity contribution is 4.91. The second-order valence-corrected chi connectivity index (χ2v) is 5.61. The highest BCUT2D eigenvalue weighted by Crippen LogP contribution is 2.29. The maximum Gasteiger partial charge on any atom is 0.184 e. The summed E-state index contributed by atoms with van der Waals surface area (Å²) in [6.07, 6.45) is 1.22. The van der Waals surface area contributed by atoms with Crippen LogP contribution in [0.1, 0.15) is 45.4 Å². The van der Waals surface area contributed by atoms with Gasteiger partial charge in [-0.3, -0.25) is 0 Å². The number of rotatable bonds is 6. The first-order valence-corrected chi connectivity index (χ1v) is 7.60. The molecule has 0 aromatic heterocycles. The number of aliphatic hydroxyl groups is 3. The summed E-state index contributed by atoms with van der Waals surface area (Å²) in [5.41, 5.74) is 0. The van der Waals surface area contributed by atoms with E-state index in [4.69, 9.17) is 14.2 Å². The summed E-state index contributed by atoms with van der Waals surface area (Å²) in [7, 11) is 0. The van der Waals surface area contributed by atoms with E-state index in [1.807, 2.05) is 0 Å². The monoisotopic (exact) mass is 290 g/mol. The van der Waals surface area contributed by atoms with Crippen LogP contribution in [-0.4, -0.2) is 58.9 Å². The van der Waals surface area contributed by atoms with Gasteiger partial charge < -0.3 is 29.5 Å². The summed E-state index contributed by atoms with van der Waals surface area (Å²) in [4.78, 5) is 0. The van der Waals surface area contributed by atoms with Crippen molar-refractivity contribution in [2.45, 2.75) is 82.4 Å². The molecule has 0 aromatic rings. The lowest BCUT2D eigenvalue weighted by Gasteiger charge is -2.45. The van der Waals surface area contributed by atoms with Crippen molar-refractivity contribution in [1.29, 1.82) is 0 Å². The van der Waals surface area contributed by atoms with Crippen LogP contribution in [-0.2, 0) is 14.2 Å². The van der Waals surface area contributed by atoms with E-state index in [0.29, 0.717) is 0 Å². The molecule has 6 heteroatoms. The first-order valence-electron chi connectivity index (χ1n) is 7.60. The molecule has 20 heavy (non-hydrogen) atoms. The molecule has 0 radical (unpaired) electrons. The molecule has 2 aliphatic heterocycles. The fourth-order valence-corrected chi connectivity index (χ4v) is 2.70. The Labute approximate surface area is 119 Å². The van der Waals surface area contributed by atoms with Gasteiger partial charge in [0.2, 0.25) is 0 Å². The number of aliphatic hydroxyl groups excluding tert-OH is 3. The number of hydrogen-bond acceptors (Lipinski definition) is 6. The maximum atomic E-state index is 9.93. The van der Waals surface area contributed by atoms with Crippen molar-refractivity contribution >= 4 is 0 Å². The van der Waals surface area contributed by atoms with E-state index in [2.05, 4.69) is 6.92 Å². The highest BCUT2D eigenvalue weighted by Gasteiger charge is 2.47. The fraction of sp³-hybridized carbons (Fsp3) is 1.00. The third-order valence-corrected chi connectivity index (χ3v) is 3.96. The van der Waals surface area contributed by atoms with Crippen LogP contribution in [0, 0.1) is 0 Å². The van der Waals surface area contributed by atoms with Gasteiger partial charge in [0.15, 0.2) is 12.6 Å². The molecule has 2 heterocycles. The van der Waals surface area contributed by atoms with Crippen molar-refractivity contribution in [3.63, 3.8) is 0 Å². The van der Waals surface area contributed by atoms with Crippen molar-refractivity contribution in [2.24, 2.45) is 0 Å². The van der Waals surface area contributed by atoms with Gasteiger partial charge >= 0.3 is 0 Å². The van der Waals surface area contributed by atoms with Crippen LogP contribution in [0.5, 0.6) is 0 Å². The minimum Gasteiger partial charge on any atom is -0.387 e. The predicted octanol–water partition coefficient (Wildman–Crippen LogP) is 0.527. The highest BCUT2D eigenvalue weighted by atomic mass is 16.7. The number of ether oxygens (including phenoxy) is 3. The summed E-state index contributed by atoms with van der Waals surface area (Å²) in [5.74, 6) is 0. The smallest absolute Gasteiger partial charge is 0.184 e. The minimum absolute atomic E-state index is 0.269. The van der Waals surface area contributed by atoms with Crippen molar-refractivity contribution in [3.8, 4) is 0 Å². The molecule has 0 spiro atoms. The van der Waals surface area contributed by atoms with E-state index in [-0.39, 0.29) is 12.9 Å². The first kappa shape index (κ1) is 16.1. The SMILES string of the molecule is CCCCCCCC1OC[C@H]2OC(O)[C@H](O)[C@@H](O)[C@@H]2O1. The topological polar surface area (TPSA) is 88.4 Å². The average Bonchev–Trinajstić information content (AvgIpc) is 2.45. The number of hydrogen-bond donors (Lipinski definition) is 3. The molecule has 0 aromatic carbocycles. The molecule has 0 aliphatic carbocycles. The van der Waals surface area contributed by atoms with Crippen LogP contribution in [0.2, 0.25) is 0 Å². The quantitative estimate of drug-likeness (QED) is 0.618. The van der Waals surface area contributed by atoms with Crippen LogP contribution >= 0.6 is 0 Å². The van der Waals surface area contributed by atoms with Crippen LogP contribution in [0.25, 0.3) is 0 Å². The van der Waals surface area contributed by atoms with E-state index >= 15 is 0 Å². The standard InChI is InChI=1S/C14H26O6/c1-2-3-4-5-6-7-10-18-8-9-13(20-10)11(15)12(16)14(17)19-9/h9-17H,2-8H2,1H3/t9-,10?,11-,12-,13-,14?/m1/s1. The zero-order chi connectivity index (χ0) is 14.5. The van der Waals surface area contributed by atoms with Gasteiger partial charge in [-0.2, -0.15) is 0 Å². The van der Waals surface area contributed by atoms with E-state index in [0.717, 1.165) is 19.3 Å².